The molecule has 1 aliphatic heterocycles. The molecule has 0 aromatic heterocycles. The van der Waals surface area contributed by atoms with Crippen LogP contribution in [0.4, 0.5) is 0 Å². The highest BCUT2D eigenvalue weighted by Gasteiger charge is 2.40. The minimum atomic E-state index is -1.10. The molecule has 0 fully saturated rings. The molecular weight excluding hydrogens is 382 g/mol. The molecule has 0 saturated carbocycles. The van der Waals surface area contributed by atoms with E-state index >= 15 is 0 Å². The molecule has 2 atom stereocenters. The van der Waals surface area contributed by atoms with Crippen LogP contribution in [0.1, 0.15) is 25.8 Å². The van der Waals surface area contributed by atoms with Crippen molar-refractivity contribution in [1.29, 1.82) is 0 Å². The number of carbonyl (C=O) groups excluding carboxylic acids is 1. The summed E-state index contributed by atoms with van der Waals surface area (Å²) in [6.07, 6.45) is 8.91. The van der Waals surface area contributed by atoms with Gasteiger partial charge in [0.2, 0.25) is 0 Å². The summed E-state index contributed by atoms with van der Waals surface area (Å²) < 4.78 is 5.44. The first kappa shape index (κ1) is 21.2. The zero-order chi connectivity index (χ0) is 21.7. The van der Waals surface area contributed by atoms with E-state index in [-0.39, 0.29) is 35.9 Å². The van der Waals surface area contributed by atoms with Gasteiger partial charge in [0.05, 0.1) is 16.9 Å². The minimum absolute atomic E-state index is 0.0635. The molecule has 0 bridgehead atoms. The van der Waals surface area contributed by atoms with E-state index in [9.17, 15) is 19.8 Å². The molecule has 6 nitrogen and oxygen atoms in total. The van der Waals surface area contributed by atoms with E-state index in [1.54, 1.807) is 32.1 Å². The van der Waals surface area contributed by atoms with Crippen LogP contribution in [0.25, 0.3) is 6.08 Å². The van der Waals surface area contributed by atoms with Crippen molar-refractivity contribution in [3.63, 3.8) is 0 Å². The average molecular weight is 407 g/mol. The van der Waals surface area contributed by atoms with Crippen molar-refractivity contribution in [2.75, 3.05) is 6.61 Å². The van der Waals surface area contributed by atoms with Crippen molar-refractivity contribution >= 4 is 18.0 Å². The van der Waals surface area contributed by atoms with E-state index < -0.39 is 17.9 Å². The molecule has 156 valence electrons. The quantitative estimate of drug-likeness (QED) is 0.614. The van der Waals surface area contributed by atoms with Crippen LogP contribution in [0.3, 0.4) is 0 Å². The molecule has 3 rings (SSSR count). The van der Waals surface area contributed by atoms with Gasteiger partial charge in [-0.05, 0) is 37.5 Å². The van der Waals surface area contributed by atoms with Crippen molar-refractivity contribution in [2.24, 2.45) is 11.8 Å². The van der Waals surface area contributed by atoms with Crippen LogP contribution in [-0.2, 0) is 14.3 Å². The molecule has 1 heterocycles. The Balaban J connectivity index is 1.82. The second-order valence-electron chi connectivity index (χ2n) is 7.31. The van der Waals surface area contributed by atoms with Gasteiger partial charge in [-0.2, -0.15) is 0 Å². The Morgan fingerprint density at radius 1 is 1.17 bits per heavy atom. The van der Waals surface area contributed by atoms with Gasteiger partial charge in [-0.1, -0.05) is 48.6 Å². The third-order valence-corrected chi connectivity index (χ3v) is 5.20. The Kier molecular flexibility index (Phi) is 6.57. The van der Waals surface area contributed by atoms with Crippen LogP contribution >= 0.6 is 0 Å². The van der Waals surface area contributed by atoms with Gasteiger partial charge in [-0.15, -0.1) is 0 Å². The fourth-order valence-corrected chi connectivity index (χ4v) is 3.89. The first-order valence-corrected chi connectivity index (χ1v) is 9.75. The summed E-state index contributed by atoms with van der Waals surface area (Å²) in [6, 6.07) is 9.64. The number of aliphatic hydroxyl groups excluding tert-OH is 1. The first-order chi connectivity index (χ1) is 14.4. The molecule has 0 amide bonds. The summed E-state index contributed by atoms with van der Waals surface area (Å²) in [5.41, 5.74) is 2.41. The van der Waals surface area contributed by atoms with E-state index in [2.05, 4.69) is 5.32 Å². The van der Waals surface area contributed by atoms with Gasteiger partial charge >= 0.3 is 11.9 Å². The Morgan fingerprint density at radius 3 is 2.53 bits per heavy atom. The van der Waals surface area contributed by atoms with E-state index in [4.69, 9.17) is 4.74 Å². The van der Waals surface area contributed by atoms with Crippen molar-refractivity contribution in [1.82, 2.24) is 5.32 Å². The van der Waals surface area contributed by atoms with Crippen LogP contribution in [0.2, 0.25) is 0 Å². The SMILES string of the molecule is CC1=C(C(=O)O)C(C2C=CC=C(O)C2)C(C(=O)OC/C=C/c2ccccc2)=C(C)N1. The molecule has 1 aromatic carbocycles. The molecule has 2 aliphatic rings. The third kappa shape index (κ3) is 4.71. The van der Waals surface area contributed by atoms with E-state index in [0.717, 1.165) is 5.56 Å². The lowest BCUT2D eigenvalue weighted by atomic mass is 9.74. The summed E-state index contributed by atoms with van der Waals surface area (Å²) in [5.74, 6) is -2.61. The van der Waals surface area contributed by atoms with Gasteiger partial charge in [0, 0.05) is 23.7 Å². The monoisotopic (exact) mass is 407 g/mol. The van der Waals surface area contributed by atoms with Gasteiger partial charge in [0.15, 0.2) is 0 Å². The summed E-state index contributed by atoms with van der Waals surface area (Å²) in [7, 11) is 0. The van der Waals surface area contributed by atoms with Crippen LogP contribution in [0.15, 0.2) is 82.9 Å². The second kappa shape index (κ2) is 9.31. The van der Waals surface area contributed by atoms with Gasteiger partial charge in [0.1, 0.15) is 6.61 Å². The predicted molar refractivity (Wildman–Crippen MR) is 114 cm³/mol. The zero-order valence-corrected chi connectivity index (χ0v) is 17.0. The summed E-state index contributed by atoms with van der Waals surface area (Å²) in [6.45, 7) is 3.47. The van der Waals surface area contributed by atoms with Crippen molar-refractivity contribution < 1.29 is 24.5 Å². The number of allylic oxidation sites excluding steroid dienone is 6. The number of aliphatic hydroxyl groups is 1. The van der Waals surface area contributed by atoms with Crippen LogP contribution < -0.4 is 5.32 Å². The maximum atomic E-state index is 13.0. The number of hydrogen-bond acceptors (Lipinski definition) is 5. The molecule has 6 heteroatoms. The van der Waals surface area contributed by atoms with Crippen molar-refractivity contribution in [3.05, 3.63) is 88.5 Å². The number of dihydropyridines is 1. The highest BCUT2D eigenvalue weighted by Crippen LogP contribution is 2.40. The Morgan fingerprint density at radius 2 is 1.87 bits per heavy atom. The van der Waals surface area contributed by atoms with Gasteiger partial charge in [-0.25, -0.2) is 9.59 Å². The smallest absolute Gasteiger partial charge is 0.336 e. The average Bonchev–Trinajstić information content (AvgIpc) is 2.71. The maximum absolute atomic E-state index is 13.0. The zero-order valence-electron chi connectivity index (χ0n) is 17.0. The third-order valence-electron chi connectivity index (χ3n) is 5.20. The van der Waals surface area contributed by atoms with E-state index in [1.165, 1.54) is 0 Å². The number of carboxylic acid groups (broad SMARTS) is 1. The fraction of sp³-hybridized carbons (Fsp3) is 0.250. The summed E-state index contributed by atoms with van der Waals surface area (Å²) >= 11 is 0. The molecular formula is C24H25NO5. The number of esters is 1. The Hall–Kier alpha value is -3.54. The van der Waals surface area contributed by atoms with Gasteiger partial charge in [-0.3, -0.25) is 0 Å². The molecule has 1 aromatic rings. The molecule has 3 N–H and O–H groups in total. The number of benzene rings is 1. The van der Waals surface area contributed by atoms with E-state index in [0.29, 0.717) is 11.4 Å². The van der Waals surface area contributed by atoms with Crippen molar-refractivity contribution in [3.8, 4) is 0 Å². The Bertz CT molecular complexity index is 982. The topological polar surface area (TPSA) is 95.9 Å². The van der Waals surface area contributed by atoms with Crippen LogP contribution in [0, 0.1) is 11.8 Å². The second-order valence-corrected chi connectivity index (χ2v) is 7.31. The number of ether oxygens (including phenoxy) is 1. The van der Waals surface area contributed by atoms with E-state index in [1.807, 2.05) is 42.5 Å². The fourth-order valence-electron chi connectivity index (χ4n) is 3.89. The number of aliphatic carboxylic acids is 1. The van der Waals surface area contributed by atoms with Crippen molar-refractivity contribution in [2.45, 2.75) is 20.3 Å². The standard InChI is InChI=1S/C24H25NO5/c1-15-20(23(27)28)22(18-11-6-12-19(26)14-18)21(16(2)25-15)24(29)30-13-7-10-17-8-4-3-5-9-17/h3-12,18,22,25-26H,13-14H2,1-2H3,(H,27,28)/b10-7+. The highest BCUT2D eigenvalue weighted by atomic mass is 16.5. The lowest BCUT2D eigenvalue weighted by Gasteiger charge is -2.34. The molecule has 30 heavy (non-hydrogen) atoms. The van der Waals surface area contributed by atoms with Crippen LogP contribution in [0.5, 0.6) is 0 Å². The summed E-state index contributed by atoms with van der Waals surface area (Å²) in [4.78, 5) is 25.0. The predicted octanol–water partition coefficient (Wildman–Crippen LogP) is 4.11. The molecule has 2 unspecified atom stereocenters. The van der Waals surface area contributed by atoms with Crippen LogP contribution in [-0.4, -0.2) is 28.8 Å². The number of nitrogens with one attached hydrogen (secondary N) is 1. The molecule has 0 spiro atoms. The maximum Gasteiger partial charge on any atom is 0.336 e. The number of carbonyl (C=O) groups is 2. The molecule has 0 saturated heterocycles. The summed E-state index contributed by atoms with van der Waals surface area (Å²) in [5, 5.41) is 22.8. The lowest BCUT2D eigenvalue weighted by Crippen LogP contribution is -2.36. The molecule has 1 aliphatic carbocycles. The first-order valence-electron chi connectivity index (χ1n) is 9.75. The minimum Gasteiger partial charge on any atom is -0.512 e. The number of rotatable bonds is 6. The van der Waals surface area contributed by atoms with Gasteiger partial charge in [0.25, 0.3) is 0 Å². The number of hydrogen-bond donors (Lipinski definition) is 3. The lowest BCUT2D eigenvalue weighted by molar-refractivity contribution is -0.138. The Labute approximate surface area is 175 Å². The number of carboxylic acids is 1. The normalized spacial score (nSPS) is 21.5. The largest absolute Gasteiger partial charge is 0.512 e. The van der Waals surface area contributed by atoms with Gasteiger partial charge < -0.3 is 20.3 Å². The molecule has 0 radical (unpaired) electrons. The highest BCUT2D eigenvalue weighted by molar-refractivity contribution is 5.97.